The lowest BCUT2D eigenvalue weighted by molar-refractivity contribution is 0.177. The van der Waals surface area contributed by atoms with Crippen LogP contribution in [0, 0.1) is 6.92 Å². The van der Waals surface area contributed by atoms with E-state index in [-0.39, 0.29) is 6.01 Å². The van der Waals surface area contributed by atoms with Crippen LogP contribution in [0.4, 0.5) is 4.39 Å². The largest absolute Gasteiger partial charge is 0.431 e. The molecule has 0 atom stereocenters. The van der Waals surface area contributed by atoms with E-state index >= 15 is 0 Å². The lowest BCUT2D eigenvalue weighted by atomic mass is 10.4. The SMILES string of the molecule is Cc1cnc(OCF)nc1. The Morgan fingerprint density at radius 2 is 2.10 bits per heavy atom. The maximum atomic E-state index is 11.5. The molecule has 0 unspecified atom stereocenters. The first-order valence-corrected chi connectivity index (χ1v) is 2.80. The summed E-state index contributed by atoms with van der Waals surface area (Å²) in [6.07, 6.45) is 3.13. The first-order chi connectivity index (χ1) is 4.83. The van der Waals surface area contributed by atoms with Crippen LogP contribution in [0.15, 0.2) is 12.4 Å². The highest BCUT2D eigenvalue weighted by Crippen LogP contribution is 2.00. The van der Waals surface area contributed by atoms with E-state index in [1.54, 1.807) is 12.4 Å². The standard InChI is InChI=1S/C6H7FN2O/c1-5-2-8-6(9-3-5)10-4-7/h2-3H,4H2,1H3. The molecule has 0 aromatic carbocycles. The predicted octanol–water partition coefficient (Wildman–Crippen LogP) is 1.09. The molecule has 1 heterocycles. The van der Waals surface area contributed by atoms with Crippen molar-refractivity contribution in [3.63, 3.8) is 0 Å². The van der Waals surface area contributed by atoms with Gasteiger partial charge < -0.3 is 4.74 Å². The van der Waals surface area contributed by atoms with Crippen LogP contribution in [0.2, 0.25) is 0 Å². The lowest BCUT2D eigenvalue weighted by Crippen LogP contribution is -1.95. The molecule has 0 aliphatic carbocycles. The summed E-state index contributed by atoms with van der Waals surface area (Å²) in [4.78, 5) is 7.39. The fraction of sp³-hybridized carbons (Fsp3) is 0.333. The lowest BCUT2D eigenvalue weighted by Gasteiger charge is -1.96. The van der Waals surface area contributed by atoms with Crippen LogP contribution < -0.4 is 4.74 Å². The Hall–Kier alpha value is -1.19. The third-order valence-electron chi connectivity index (χ3n) is 0.941. The van der Waals surface area contributed by atoms with Gasteiger partial charge in [0, 0.05) is 12.4 Å². The molecule has 0 N–H and O–H groups in total. The number of alkyl halides is 1. The molecule has 0 radical (unpaired) electrons. The van der Waals surface area contributed by atoms with Crippen molar-refractivity contribution in [3.05, 3.63) is 18.0 Å². The van der Waals surface area contributed by atoms with Gasteiger partial charge in [-0.25, -0.2) is 14.4 Å². The molecule has 1 aromatic heterocycles. The van der Waals surface area contributed by atoms with E-state index in [9.17, 15) is 4.39 Å². The Labute approximate surface area is 57.9 Å². The fourth-order valence-electron chi connectivity index (χ4n) is 0.504. The van der Waals surface area contributed by atoms with Gasteiger partial charge in [-0.05, 0) is 12.5 Å². The molecule has 54 valence electrons. The molecule has 0 spiro atoms. The Balaban J connectivity index is 2.69. The highest BCUT2D eigenvalue weighted by molar-refractivity contribution is 5.04. The molecule has 4 heteroatoms. The fourth-order valence-corrected chi connectivity index (χ4v) is 0.504. The summed E-state index contributed by atoms with van der Waals surface area (Å²) < 4.78 is 15.8. The molecule has 1 aromatic rings. The number of nitrogens with zero attached hydrogens (tertiary/aromatic N) is 2. The molecule has 0 saturated carbocycles. The zero-order valence-electron chi connectivity index (χ0n) is 5.54. The Bertz CT molecular complexity index is 199. The van der Waals surface area contributed by atoms with Gasteiger partial charge in [-0.15, -0.1) is 0 Å². The quantitative estimate of drug-likeness (QED) is 0.620. The van der Waals surface area contributed by atoms with Gasteiger partial charge in [-0.2, -0.15) is 0 Å². The molecule has 0 aliphatic heterocycles. The van der Waals surface area contributed by atoms with Crippen LogP contribution in [0.1, 0.15) is 5.56 Å². The van der Waals surface area contributed by atoms with Gasteiger partial charge >= 0.3 is 6.01 Å². The van der Waals surface area contributed by atoms with E-state index in [4.69, 9.17) is 0 Å². The molecule has 0 saturated heterocycles. The summed E-state index contributed by atoms with van der Waals surface area (Å²) in [7, 11) is 0. The van der Waals surface area contributed by atoms with E-state index in [0.29, 0.717) is 0 Å². The van der Waals surface area contributed by atoms with Crippen LogP contribution >= 0.6 is 0 Å². The molecule has 10 heavy (non-hydrogen) atoms. The van der Waals surface area contributed by atoms with Gasteiger partial charge in [-0.1, -0.05) is 0 Å². The maximum absolute atomic E-state index is 11.5. The zero-order chi connectivity index (χ0) is 7.40. The van der Waals surface area contributed by atoms with Gasteiger partial charge in [0.1, 0.15) is 0 Å². The van der Waals surface area contributed by atoms with Crippen molar-refractivity contribution >= 4 is 0 Å². The first-order valence-electron chi connectivity index (χ1n) is 2.80. The van der Waals surface area contributed by atoms with E-state index < -0.39 is 6.86 Å². The highest BCUT2D eigenvalue weighted by atomic mass is 19.1. The first kappa shape index (κ1) is 6.92. The molecular weight excluding hydrogens is 135 g/mol. The summed E-state index contributed by atoms with van der Waals surface area (Å²) in [5.41, 5.74) is 0.922. The van der Waals surface area contributed by atoms with Crippen molar-refractivity contribution in [1.29, 1.82) is 0 Å². The summed E-state index contributed by atoms with van der Waals surface area (Å²) in [6.45, 7) is 0.961. The third-order valence-corrected chi connectivity index (χ3v) is 0.941. The summed E-state index contributed by atoms with van der Waals surface area (Å²) >= 11 is 0. The summed E-state index contributed by atoms with van der Waals surface area (Å²) in [5.74, 6) is 0. The number of rotatable bonds is 2. The number of halogens is 1. The van der Waals surface area contributed by atoms with Crippen LogP contribution in [0.25, 0.3) is 0 Å². The minimum Gasteiger partial charge on any atom is -0.431 e. The van der Waals surface area contributed by atoms with Gasteiger partial charge in [0.25, 0.3) is 0 Å². The van der Waals surface area contributed by atoms with Gasteiger partial charge in [0.05, 0.1) is 0 Å². The second kappa shape index (κ2) is 3.10. The van der Waals surface area contributed by atoms with Crippen molar-refractivity contribution in [3.8, 4) is 6.01 Å². The maximum Gasteiger partial charge on any atom is 0.318 e. The smallest absolute Gasteiger partial charge is 0.318 e. The Morgan fingerprint density at radius 1 is 1.50 bits per heavy atom. The number of aromatic nitrogens is 2. The van der Waals surface area contributed by atoms with E-state index in [1.807, 2.05) is 6.92 Å². The van der Waals surface area contributed by atoms with Crippen LogP contribution in [0.5, 0.6) is 6.01 Å². The molecule has 0 bridgehead atoms. The van der Waals surface area contributed by atoms with Crippen molar-refractivity contribution in [2.24, 2.45) is 0 Å². The minimum absolute atomic E-state index is 0.0769. The van der Waals surface area contributed by atoms with Crippen molar-refractivity contribution in [2.75, 3.05) is 6.86 Å². The van der Waals surface area contributed by atoms with Gasteiger partial charge in [-0.3, -0.25) is 0 Å². The monoisotopic (exact) mass is 142 g/mol. The van der Waals surface area contributed by atoms with Crippen molar-refractivity contribution in [2.45, 2.75) is 6.92 Å². The molecule has 0 aliphatic rings. The molecule has 3 nitrogen and oxygen atoms in total. The summed E-state index contributed by atoms with van der Waals surface area (Å²) in [6, 6.07) is 0.0769. The topological polar surface area (TPSA) is 35.0 Å². The zero-order valence-corrected chi connectivity index (χ0v) is 5.54. The average molecular weight is 142 g/mol. The van der Waals surface area contributed by atoms with E-state index in [2.05, 4.69) is 14.7 Å². The van der Waals surface area contributed by atoms with Crippen LogP contribution in [0.3, 0.4) is 0 Å². The average Bonchev–Trinajstić information content (AvgIpc) is 1.95. The number of hydrogen-bond donors (Lipinski definition) is 0. The number of aryl methyl sites for hydroxylation is 1. The predicted molar refractivity (Wildman–Crippen MR) is 33.4 cm³/mol. The van der Waals surface area contributed by atoms with E-state index in [0.717, 1.165) is 5.56 Å². The third kappa shape index (κ3) is 1.65. The van der Waals surface area contributed by atoms with Crippen LogP contribution in [-0.4, -0.2) is 16.8 Å². The number of ether oxygens (including phenoxy) is 1. The molecule has 1 rings (SSSR count). The van der Waals surface area contributed by atoms with Gasteiger partial charge in [0.15, 0.2) is 0 Å². The highest BCUT2D eigenvalue weighted by Gasteiger charge is 1.92. The molecular formula is C6H7FN2O. The van der Waals surface area contributed by atoms with Crippen molar-refractivity contribution in [1.82, 2.24) is 9.97 Å². The van der Waals surface area contributed by atoms with Gasteiger partial charge in [0.2, 0.25) is 6.86 Å². The van der Waals surface area contributed by atoms with Crippen molar-refractivity contribution < 1.29 is 9.13 Å². The summed E-state index contributed by atoms with van der Waals surface area (Å²) in [5, 5.41) is 0. The molecule has 0 fully saturated rings. The molecule has 0 amide bonds. The Morgan fingerprint density at radius 3 is 2.60 bits per heavy atom. The normalized spacial score (nSPS) is 9.40. The van der Waals surface area contributed by atoms with E-state index in [1.165, 1.54) is 0 Å². The minimum atomic E-state index is -0.886. The Kier molecular flexibility index (Phi) is 2.15. The van der Waals surface area contributed by atoms with Crippen LogP contribution in [-0.2, 0) is 0 Å². The number of hydrogen-bond acceptors (Lipinski definition) is 3. The second-order valence-corrected chi connectivity index (χ2v) is 1.80. The second-order valence-electron chi connectivity index (χ2n) is 1.80.